The lowest BCUT2D eigenvalue weighted by Crippen LogP contribution is -2.32. The molecule has 0 aromatic heterocycles. The maximum Gasteiger partial charge on any atom is 0.226 e. The number of rotatable bonds is 4. The second-order valence-electron chi connectivity index (χ2n) is 6.94. The second-order valence-corrected chi connectivity index (χ2v) is 6.94. The number of nitrogens with zero attached hydrogens (tertiary/aromatic N) is 1. The minimum atomic E-state index is -0.241. The molecule has 130 valence electrons. The SMILES string of the molecule is COc1ccccc1[C@@H]1C[C@@H]1C(=O)N1CCC[C@H]1c1cccc(F)c1. The van der Waals surface area contributed by atoms with Gasteiger partial charge in [-0.3, -0.25) is 4.79 Å². The minimum Gasteiger partial charge on any atom is -0.496 e. The first kappa shape index (κ1) is 16.1. The van der Waals surface area contributed by atoms with Gasteiger partial charge in [-0.15, -0.1) is 0 Å². The van der Waals surface area contributed by atoms with E-state index >= 15 is 0 Å². The smallest absolute Gasteiger partial charge is 0.226 e. The van der Waals surface area contributed by atoms with Gasteiger partial charge in [0, 0.05) is 12.5 Å². The molecule has 2 aromatic carbocycles. The molecule has 0 spiro atoms. The van der Waals surface area contributed by atoms with Gasteiger partial charge in [0.1, 0.15) is 11.6 Å². The highest BCUT2D eigenvalue weighted by atomic mass is 19.1. The Balaban J connectivity index is 1.52. The Kier molecular flexibility index (Phi) is 4.20. The molecule has 25 heavy (non-hydrogen) atoms. The van der Waals surface area contributed by atoms with Gasteiger partial charge in [0.15, 0.2) is 0 Å². The lowest BCUT2D eigenvalue weighted by atomic mass is 10.0. The number of ether oxygens (including phenoxy) is 1. The maximum absolute atomic E-state index is 13.6. The van der Waals surface area contributed by atoms with E-state index in [1.807, 2.05) is 35.2 Å². The quantitative estimate of drug-likeness (QED) is 0.831. The molecule has 0 radical (unpaired) electrons. The standard InChI is InChI=1S/C21H22FNO2/c1-25-20-10-3-2-8-16(20)17-13-18(17)21(24)23-11-5-9-19(23)14-6-4-7-15(22)12-14/h2-4,6-8,10,12,17-19H,5,9,11,13H2,1H3/t17-,18-,19-/m0/s1. The zero-order chi connectivity index (χ0) is 17.4. The molecule has 3 atom stereocenters. The third kappa shape index (κ3) is 3.01. The lowest BCUT2D eigenvalue weighted by Gasteiger charge is -2.25. The third-order valence-corrected chi connectivity index (χ3v) is 5.42. The van der Waals surface area contributed by atoms with Crippen LogP contribution < -0.4 is 4.74 Å². The van der Waals surface area contributed by atoms with Crippen LogP contribution in [0.15, 0.2) is 48.5 Å². The molecule has 1 heterocycles. The van der Waals surface area contributed by atoms with Crippen LogP contribution in [0.25, 0.3) is 0 Å². The Hall–Kier alpha value is -2.36. The van der Waals surface area contributed by atoms with Crippen molar-refractivity contribution in [2.75, 3.05) is 13.7 Å². The highest BCUT2D eigenvalue weighted by molar-refractivity contribution is 5.84. The summed E-state index contributed by atoms with van der Waals surface area (Å²) in [7, 11) is 1.67. The van der Waals surface area contributed by atoms with Gasteiger partial charge in [0.05, 0.1) is 13.2 Å². The summed E-state index contributed by atoms with van der Waals surface area (Å²) >= 11 is 0. The highest BCUT2D eigenvalue weighted by Crippen LogP contribution is 2.52. The summed E-state index contributed by atoms with van der Waals surface area (Å²) in [5.74, 6) is 1.06. The van der Waals surface area contributed by atoms with Crippen LogP contribution in [0.3, 0.4) is 0 Å². The van der Waals surface area contributed by atoms with Gasteiger partial charge in [0.2, 0.25) is 5.91 Å². The summed E-state index contributed by atoms with van der Waals surface area (Å²) < 4.78 is 19.0. The number of likely N-dealkylation sites (tertiary alicyclic amines) is 1. The van der Waals surface area contributed by atoms with Crippen LogP contribution in [0.1, 0.15) is 42.3 Å². The fourth-order valence-corrected chi connectivity index (χ4v) is 4.09. The van der Waals surface area contributed by atoms with E-state index in [4.69, 9.17) is 4.74 Å². The van der Waals surface area contributed by atoms with Crippen molar-refractivity contribution in [2.24, 2.45) is 5.92 Å². The van der Waals surface area contributed by atoms with Crippen molar-refractivity contribution in [2.45, 2.75) is 31.2 Å². The number of halogens is 1. The molecular weight excluding hydrogens is 317 g/mol. The van der Waals surface area contributed by atoms with Crippen molar-refractivity contribution in [3.05, 3.63) is 65.5 Å². The summed E-state index contributed by atoms with van der Waals surface area (Å²) in [4.78, 5) is 15.0. The molecular formula is C21H22FNO2. The Morgan fingerprint density at radius 3 is 2.84 bits per heavy atom. The van der Waals surface area contributed by atoms with Gasteiger partial charge in [-0.2, -0.15) is 0 Å². The van der Waals surface area contributed by atoms with E-state index in [2.05, 4.69) is 0 Å². The first-order valence-corrected chi connectivity index (χ1v) is 8.88. The lowest BCUT2D eigenvalue weighted by molar-refractivity contribution is -0.133. The molecule has 0 unspecified atom stereocenters. The molecule has 1 amide bonds. The maximum atomic E-state index is 13.6. The van der Waals surface area contributed by atoms with E-state index in [-0.39, 0.29) is 29.6 Å². The molecule has 1 aliphatic carbocycles. The molecule has 4 rings (SSSR count). The van der Waals surface area contributed by atoms with Gasteiger partial charge < -0.3 is 9.64 Å². The number of hydrogen-bond donors (Lipinski definition) is 0. The number of amides is 1. The normalized spacial score (nSPS) is 25.0. The predicted octanol–water partition coefficient (Wildman–Crippen LogP) is 4.30. The molecule has 2 fully saturated rings. The minimum absolute atomic E-state index is 0.00196. The summed E-state index contributed by atoms with van der Waals surface area (Å²) in [6.07, 6.45) is 2.74. The van der Waals surface area contributed by atoms with Gasteiger partial charge >= 0.3 is 0 Å². The number of para-hydroxylation sites is 1. The summed E-state index contributed by atoms with van der Waals surface area (Å²) in [6.45, 7) is 0.759. The van der Waals surface area contributed by atoms with Crippen LogP contribution in [0.5, 0.6) is 5.75 Å². The van der Waals surface area contributed by atoms with E-state index < -0.39 is 0 Å². The monoisotopic (exact) mass is 339 g/mol. The van der Waals surface area contributed by atoms with E-state index in [0.717, 1.165) is 42.7 Å². The van der Waals surface area contributed by atoms with E-state index in [1.54, 1.807) is 19.2 Å². The molecule has 3 nitrogen and oxygen atoms in total. The summed E-state index contributed by atoms with van der Waals surface area (Å²) in [5, 5.41) is 0. The Bertz CT molecular complexity index is 791. The van der Waals surface area contributed by atoms with Gasteiger partial charge in [-0.25, -0.2) is 4.39 Å². The average molecular weight is 339 g/mol. The first-order valence-electron chi connectivity index (χ1n) is 8.88. The molecule has 1 saturated heterocycles. The van der Waals surface area contributed by atoms with Gasteiger partial charge in [0.25, 0.3) is 0 Å². The van der Waals surface area contributed by atoms with Crippen molar-refractivity contribution in [1.82, 2.24) is 4.90 Å². The molecule has 1 saturated carbocycles. The van der Waals surface area contributed by atoms with Crippen LogP contribution in [0.2, 0.25) is 0 Å². The second kappa shape index (κ2) is 6.51. The van der Waals surface area contributed by atoms with Crippen molar-refractivity contribution in [3.63, 3.8) is 0 Å². The molecule has 2 aromatic rings. The van der Waals surface area contributed by atoms with Crippen molar-refractivity contribution < 1.29 is 13.9 Å². The molecule has 0 N–H and O–H groups in total. The summed E-state index contributed by atoms with van der Waals surface area (Å²) in [5.41, 5.74) is 2.02. The number of hydrogen-bond acceptors (Lipinski definition) is 2. The van der Waals surface area contributed by atoms with E-state index in [9.17, 15) is 9.18 Å². The van der Waals surface area contributed by atoms with Crippen LogP contribution in [0, 0.1) is 11.7 Å². The van der Waals surface area contributed by atoms with Gasteiger partial charge in [-0.1, -0.05) is 30.3 Å². The van der Waals surface area contributed by atoms with E-state index in [0.29, 0.717) is 0 Å². The topological polar surface area (TPSA) is 29.5 Å². The first-order chi connectivity index (χ1) is 12.2. The highest BCUT2D eigenvalue weighted by Gasteiger charge is 2.48. The van der Waals surface area contributed by atoms with Crippen LogP contribution in [0.4, 0.5) is 4.39 Å². The molecule has 4 heteroatoms. The molecule has 2 aliphatic rings. The van der Waals surface area contributed by atoms with E-state index in [1.165, 1.54) is 6.07 Å². The Labute approximate surface area is 147 Å². The predicted molar refractivity (Wildman–Crippen MR) is 93.9 cm³/mol. The largest absolute Gasteiger partial charge is 0.496 e. The van der Waals surface area contributed by atoms with Crippen LogP contribution in [-0.4, -0.2) is 24.5 Å². The average Bonchev–Trinajstić information content (AvgIpc) is 3.28. The Morgan fingerprint density at radius 2 is 2.04 bits per heavy atom. The van der Waals surface area contributed by atoms with Crippen LogP contribution >= 0.6 is 0 Å². The number of carbonyl (C=O) groups excluding carboxylic acids is 1. The number of carbonyl (C=O) groups is 1. The molecule has 1 aliphatic heterocycles. The van der Waals surface area contributed by atoms with Crippen molar-refractivity contribution in [3.8, 4) is 5.75 Å². The Morgan fingerprint density at radius 1 is 1.20 bits per heavy atom. The van der Waals surface area contributed by atoms with Crippen molar-refractivity contribution in [1.29, 1.82) is 0 Å². The van der Waals surface area contributed by atoms with Gasteiger partial charge in [-0.05, 0) is 54.5 Å². The third-order valence-electron chi connectivity index (χ3n) is 5.42. The van der Waals surface area contributed by atoms with Crippen LogP contribution in [-0.2, 0) is 4.79 Å². The fraction of sp³-hybridized carbons (Fsp3) is 0.381. The number of benzene rings is 2. The molecule has 0 bridgehead atoms. The number of methoxy groups -OCH3 is 1. The fourth-order valence-electron chi connectivity index (χ4n) is 4.09. The van der Waals surface area contributed by atoms with Crippen molar-refractivity contribution >= 4 is 5.91 Å². The summed E-state index contributed by atoms with van der Waals surface area (Å²) in [6, 6.07) is 14.6. The zero-order valence-electron chi connectivity index (χ0n) is 14.3. The zero-order valence-corrected chi connectivity index (χ0v) is 14.3.